The maximum Gasteiger partial charge on any atom is 0.225 e. The van der Waals surface area contributed by atoms with Gasteiger partial charge >= 0.3 is 0 Å². The summed E-state index contributed by atoms with van der Waals surface area (Å²) in [4.78, 5) is 13.4. The molecule has 2 atom stereocenters. The molecule has 0 spiro atoms. The van der Waals surface area contributed by atoms with Crippen molar-refractivity contribution in [3.63, 3.8) is 0 Å². The minimum Gasteiger partial charge on any atom is -0.390 e. The van der Waals surface area contributed by atoms with Crippen molar-refractivity contribution in [1.29, 1.82) is 0 Å². The lowest BCUT2D eigenvalue weighted by molar-refractivity contribution is -0.133. The third-order valence-corrected chi connectivity index (χ3v) is 4.40. The highest BCUT2D eigenvalue weighted by atomic mass is 32.2. The lowest BCUT2D eigenvalue weighted by atomic mass is 10.0. The molecule has 122 valence electrons. The quantitative estimate of drug-likeness (QED) is 0.782. The highest BCUT2D eigenvalue weighted by molar-refractivity contribution is 8.13. The van der Waals surface area contributed by atoms with Crippen LogP contribution in [-0.4, -0.2) is 22.4 Å². The fourth-order valence-electron chi connectivity index (χ4n) is 2.08. The second-order valence-electron chi connectivity index (χ2n) is 5.69. The van der Waals surface area contributed by atoms with Crippen LogP contribution in [0.15, 0.2) is 65.6 Å². The third kappa shape index (κ3) is 5.50. The van der Waals surface area contributed by atoms with Gasteiger partial charge in [0.25, 0.3) is 0 Å². The number of hydrogen-bond acceptors (Lipinski definition) is 4. The molecule has 3 nitrogen and oxygen atoms in total. The summed E-state index contributed by atoms with van der Waals surface area (Å²) in [5.41, 5.74) is 0.978. The zero-order valence-corrected chi connectivity index (χ0v) is 14.2. The van der Waals surface area contributed by atoms with Crippen molar-refractivity contribution in [2.24, 2.45) is 5.92 Å². The van der Waals surface area contributed by atoms with E-state index in [9.17, 15) is 9.90 Å². The molecule has 0 unspecified atom stereocenters. The number of aliphatic hydroxyl groups excluding tert-OH is 1. The lowest BCUT2D eigenvalue weighted by Crippen LogP contribution is -2.38. The minimum absolute atomic E-state index is 0.0592. The van der Waals surface area contributed by atoms with Gasteiger partial charge in [0.15, 0.2) is 6.10 Å². The van der Waals surface area contributed by atoms with Gasteiger partial charge in [-0.15, -0.1) is 0 Å². The number of aliphatic hydroxyl groups is 1. The van der Waals surface area contributed by atoms with Gasteiger partial charge in [0.05, 0.1) is 12.7 Å². The molecule has 2 aromatic rings. The standard InChI is InChI=1S/C19H22O3S/c1-14(2)17(20)18(22-13-15-9-5-3-6-10-15)19(21)23-16-11-7-4-8-12-16/h3-12,14,17-18,20H,13H2,1-2H3/t17-,18+/m1/s1. The van der Waals surface area contributed by atoms with Gasteiger partial charge in [0, 0.05) is 4.90 Å². The van der Waals surface area contributed by atoms with Crippen molar-refractivity contribution >= 4 is 16.9 Å². The summed E-state index contributed by atoms with van der Waals surface area (Å²) < 4.78 is 5.76. The van der Waals surface area contributed by atoms with E-state index in [4.69, 9.17) is 4.74 Å². The normalized spacial score (nSPS) is 13.7. The van der Waals surface area contributed by atoms with E-state index < -0.39 is 12.2 Å². The highest BCUT2D eigenvalue weighted by Crippen LogP contribution is 2.24. The number of carbonyl (C=O) groups is 1. The first-order valence-electron chi connectivity index (χ1n) is 7.68. The molecule has 0 radical (unpaired) electrons. The first-order chi connectivity index (χ1) is 11.1. The van der Waals surface area contributed by atoms with Gasteiger partial charge in [-0.05, 0) is 35.4 Å². The van der Waals surface area contributed by atoms with Crippen LogP contribution in [0.25, 0.3) is 0 Å². The molecule has 0 heterocycles. The van der Waals surface area contributed by atoms with Crippen LogP contribution in [0.1, 0.15) is 19.4 Å². The molecule has 0 aromatic heterocycles. The predicted molar refractivity (Wildman–Crippen MR) is 93.2 cm³/mol. The molecule has 1 N–H and O–H groups in total. The predicted octanol–water partition coefficient (Wildman–Crippen LogP) is 3.91. The summed E-state index contributed by atoms with van der Waals surface area (Å²) in [5, 5.41) is 10.2. The Hall–Kier alpha value is -1.62. The van der Waals surface area contributed by atoms with Crippen molar-refractivity contribution in [2.45, 2.75) is 37.6 Å². The molecule has 0 bridgehead atoms. The van der Waals surface area contributed by atoms with Crippen LogP contribution in [0, 0.1) is 5.92 Å². The summed E-state index contributed by atoms with van der Waals surface area (Å²) in [5.74, 6) is -0.0592. The number of ether oxygens (including phenoxy) is 1. The van der Waals surface area contributed by atoms with E-state index >= 15 is 0 Å². The van der Waals surface area contributed by atoms with Crippen molar-refractivity contribution in [3.8, 4) is 0 Å². The van der Waals surface area contributed by atoms with Crippen molar-refractivity contribution in [3.05, 3.63) is 66.2 Å². The van der Waals surface area contributed by atoms with E-state index in [0.29, 0.717) is 6.61 Å². The van der Waals surface area contributed by atoms with Gasteiger partial charge in [0.2, 0.25) is 5.12 Å². The van der Waals surface area contributed by atoms with Crippen molar-refractivity contribution in [1.82, 2.24) is 0 Å². The highest BCUT2D eigenvalue weighted by Gasteiger charge is 2.30. The maximum absolute atomic E-state index is 12.6. The van der Waals surface area contributed by atoms with Gasteiger partial charge in [-0.2, -0.15) is 0 Å². The van der Waals surface area contributed by atoms with Crippen LogP contribution in [0.2, 0.25) is 0 Å². The van der Waals surface area contributed by atoms with E-state index in [2.05, 4.69) is 0 Å². The Morgan fingerprint density at radius 3 is 2.17 bits per heavy atom. The maximum atomic E-state index is 12.6. The average molecular weight is 330 g/mol. The molecule has 0 fully saturated rings. The molecule has 0 aliphatic heterocycles. The van der Waals surface area contributed by atoms with Gasteiger partial charge in [-0.3, -0.25) is 4.79 Å². The molecular weight excluding hydrogens is 308 g/mol. The van der Waals surface area contributed by atoms with Crippen molar-refractivity contribution in [2.75, 3.05) is 0 Å². The number of hydrogen-bond donors (Lipinski definition) is 1. The molecule has 4 heteroatoms. The third-order valence-electron chi connectivity index (χ3n) is 3.46. The monoisotopic (exact) mass is 330 g/mol. The Morgan fingerprint density at radius 1 is 1.04 bits per heavy atom. The summed E-state index contributed by atoms with van der Waals surface area (Å²) in [6.07, 6.45) is -1.68. The number of carbonyl (C=O) groups excluding carboxylic acids is 1. The first-order valence-corrected chi connectivity index (χ1v) is 8.50. The average Bonchev–Trinajstić information content (AvgIpc) is 2.56. The molecule has 2 rings (SSSR count). The van der Waals surface area contributed by atoms with Gasteiger partial charge in [-0.1, -0.05) is 62.4 Å². The SMILES string of the molecule is CC(C)[C@@H](O)[C@H](OCc1ccccc1)C(=O)Sc1ccccc1. The van der Waals surface area contributed by atoms with Gasteiger partial charge in [-0.25, -0.2) is 0 Å². The summed E-state index contributed by atoms with van der Waals surface area (Å²) in [6, 6.07) is 19.1. The Balaban J connectivity index is 2.05. The van der Waals surface area contributed by atoms with Crippen LogP contribution in [0.5, 0.6) is 0 Å². The van der Waals surface area contributed by atoms with E-state index in [1.807, 2.05) is 74.5 Å². The summed E-state index contributed by atoms with van der Waals surface area (Å²) in [6.45, 7) is 4.06. The summed E-state index contributed by atoms with van der Waals surface area (Å²) in [7, 11) is 0. The van der Waals surface area contributed by atoms with E-state index in [1.54, 1.807) is 0 Å². The van der Waals surface area contributed by atoms with Crippen LogP contribution < -0.4 is 0 Å². The molecule has 0 amide bonds. The van der Waals surface area contributed by atoms with Crippen LogP contribution in [0.3, 0.4) is 0 Å². The van der Waals surface area contributed by atoms with E-state index in [1.165, 1.54) is 0 Å². The molecule has 23 heavy (non-hydrogen) atoms. The minimum atomic E-state index is -0.847. The second-order valence-corrected chi connectivity index (χ2v) is 6.76. The fraction of sp³-hybridized carbons (Fsp3) is 0.316. The van der Waals surface area contributed by atoms with Gasteiger partial charge in [0.1, 0.15) is 0 Å². The fourth-order valence-corrected chi connectivity index (χ4v) is 2.93. The molecule has 0 aliphatic carbocycles. The molecule has 0 saturated heterocycles. The number of benzene rings is 2. The van der Waals surface area contributed by atoms with Gasteiger partial charge < -0.3 is 9.84 Å². The van der Waals surface area contributed by atoms with Crippen LogP contribution >= 0.6 is 11.8 Å². The summed E-state index contributed by atoms with van der Waals surface area (Å²) >= 11 is 1.11. The largest absolute Gasteiger partial charge is 0.390 e. The topological polar surface area (TPSA) is 46.5 Å². The zero-order chi connectivity index (χ0) is 16.7. The van der Waals surface area contributed by atoms with E-state index in [0.717, 1.165) is 22.2 Å². The Bertz CT molecular complexity index is 599. The molecule has 0 aliphatic rings. The second kappa shape index (κ2) is 8.87. The van der Waals surface area contributed by atoms with Crippen LogP contribution in [0.4, 0.5) is 0 Å². The smallest absolute Gasteiger partial charge is 0.225 e. The number of rotatable bonds is 7. The molecular formula is C19H22O3S. The van der Waals surface area contributed by atoms with E-state index in [-0.39, 0.29) is 11.0 Å². The Kier molecular flexibility index (Phi) is 6.84. The molecule has 0 saturated carbocycles. The van der Waals surface area contributed by atoms with Crippen LogP contribution in [-0.2, 0) is 16.1 Å². The first kappa shape index (κ1) is 17.7. The molecule has 2 aromatic carbocycles. The zero-order valence-electron chi connectivity index (χ0n) is 13.4. The number of thioether (sulfide) groups is 1. The van der Waals surface area contributed by atoms with Crippen molar-refractivity contribution < 1.29 is 14.6 Å². The Morgan fingerprint density at radius 2 is 1.61 bits per heavy atom. The Labute approximate surface area is 141 Å². The lowest BCUT2D eigenvalue weighted by Gasteiger charge is -2.24.